The van der Waals surface area contributed by atoms with E-state index in [0.717, 1.165) is 29.9 Å². The Morgan fingerprint density at radius 1 is 1.39 bits per heavy atom. The molecule has 1 N–H and O–H groups in total. The molecular formula is C24H29N7O2. The first kappa shape index (κ1) is 22.7. The van der Waals surface area contributed by atoms with Crippen molar-refractivity contribution in [3.05, 3.63) is 41.9 Å². The minimum Gasteiger partial charge on any atom is -0.384 e. The number of aromatic nitrogens is 3. The molecule has 33 heavy (non-hydrogen) atoms. The van der Waals surface area contributed by atoms with Crippen LogP contribution >= 0.6 is 0 Å². The Bertz CT molecular complexity index is 1080. The summed E-state index contributed by atoms with van der Waals surface area (Å²) < 4.78 is 5.04. The SMILES string of the molecule is C=Cc1ccnc(Nc2cc(C#N)c(N3CCN(C(=O)CCOC)C(C)C3)nc2C2CC2)n1. The first-order chi connectivity index (χ1) is 16.0. The van der Waals surface area contributed by atoms with Gasteiger partial charge in [-0.3, -0.25) is 4.79 Å². The van der Waals surface area contributed by atoms with Gasteiger partial charge in [0.25, 0.3) is 0 Å². The number of amides is 1. The van der Waals surface area contributed by atoms with Crippen molar-refractivity contribution in [2.24, 2.45) is 0 Å². The van der Waals surface area contributed by atoms with E-state index in [4.69, 9.17) is 9.72 Å². The topological polar surface area (TPSA) is 107 Å². The normalized spacial score (nSPS) is 18.0. The standard InChI is InChI=1S/C24H29N7O2/c1-4-19-7-9-26-24(27-19)28-20-13-18(14-25)23(29-22(20)17-5-6-17)30-10-11-31(16(2)15-30)21(32)8-12-33-3/h4,7,9,13,16-17H,1,5-6,8,10-12,15H2,2-3H3,(H,26,27,28). The van der Waals surface area contributed by atoms with Crippen molar-refractivity contribution in [1.29, 1.82) is 5.26 Å². The second-order valence-corrected chi connectivity index (χ2v) is 8.44. The molecule has 0 radical (unpaired) electrons. The molecule has 2 aromatic rings. The number of nitriles is 1. The fraction of sp³-hybridized carbons (Fsp3) is 0.458. The molecule has 1 aliphatic carbocycles. The number of hydrogen-bond acceptors (Lipinski definition) is 8. The first-order valence-electron chi connectivity index (χ1n) is 11.2. The second-order valence-electron chi connectivity index (χ2n) is 8.44. The maximum absolute atomic E-state index is 12.5. The fourth-order valence-corrected chi connectivity index (χ4v) is 4.13. The summed E-state index contributed by atoms with van der Waals surface area (Å²) >= 11 is 0. The third-order valence-electron chi connectivity index (χ3n) is 6.02. The Morgan fingerprint density at radius 2 is 2.21 bits per heavy atom. The van der Waals surface area contributed by atoms with Crippen LogP contribution in [0.2, 0.25) is 0 Å². The summed E-state index contributed by atoms with van der Waals surface area (Å²) in [5.74, 6) is 1.58. The predicted molar refractivity (Wildman–Crippen MR) is 126 cm³/mol. The van der Waals surface area contributed by atoms with Gasteiger partial charge in [-0.2, -0.15) is 5.26 Å². The highest BCUT2D eigenvalue weighted by atomic mass is 16.5. The second kappa shape index (κ2) is 9.96. The number of ether oxygens (including phenoxy) is 1. The summed E-state index contributed by atoms with van der Waals surface area (Å²) in [5.41, 5.74) is 2.91. The molecule has 0 aromatic carbocycles. The number of piperazine rings is 1. The van der Waals surface area contributed by atoms with Crippen molar-refractivity contribution in [1.82, 2.24) is 19.9 Å². The van der Waals surface area contributed by atoms with Gasteiger partial charge in [-0.1, -0.05) is 6.58 Å². The molecule has 2 aliphatic rings. The number of methoxy groups -OCH3 is 1. The average Bonchev–Trinajstić information content (AvgIpc) is 3.67. The average molecular weight is 448 g/mol. The number of hydrogen-bond donors (Lipinski definition) is 1. The molecule has 1 saturated heterocycles. The number of pyridine rings is 1. The van der Waals surface area contributed by atoms with Gasteiger partial charge >= 0.3 is 0 Å². The van der Waals surface area contributed by atoms with E-state index < -0.39 is 0 Å². The van der Waals surface area contributed by atoms with Gasteiger partial charge in [0, 0.05) is 44.9 Å². The quantitative estimate of drug-likeness (QED) is 0.658. The number of carbonyl (C=O) groups is 1. The Kier molecular flexibility index (Phi) is 6.84. The molecule has 2 fully saturated rings. The minimum absolute atomic E-state index is 0.0219. The number of rotatable bonds is 8. The van der Waals surface area contributed by atoms with Crippen LogP contribution in [0.4, 0.5) is 17.5 Å². The van der Waals surface area contributed by atoms with E-state index in [1.807, 2.05) is 17.9 Å². The summed E-state index contributed by atoms with van der Waals surface area (Å²) in [4.78, 5) is 30.2. The van der Waals surface area contributed by atoms with E-state index in [1.165, 1.54) is 0 Å². The van der Waals surface area contributed by atoms with Crippen LogP contribution in [0, 0.1) is 11.3 Å². The van der Waals surface area contributed by atoms with Gasteiger partial charge in [0.2, 0.25) is 11.9 Å². The molecule has 0 bridgehead atoms. The van der Waals surface area contributed by atoms with E-state index in [2.05, 4.69) is 32.8 Å². The van der Waals surface area contributed by atoms with Crippen LogP contribution < -0.4 is 10.2 Å². The van der Waals surface area contributed by atoms with E-state index in [9.17, 15) is 10.1 Å². The molecule has 3 heterocycles. The summed E-state index contributed by atoms with van der Waals surface area (Å²) in [6.45, 7) is 8.06. The lowest BCUT2D eigenvalue weighted by Crippen LogP contribution is -2.54. The molecule has 1 aliphatic heterocycles. The van der Waals surface area contributed by atoms with Gasteiger partial charge in [-0.15, -0.1) is 0 Å². The van der Waals surface area contributed by atoms with Crippen molar-refractivity contribution in [3.8, 4) is 6.07 Å². The highest BCUT2D eigenvalue weighted by molar-refractivity contribution is 5.77. The van der Waals surface area contributed by atoms with Crippen LogP contribution in [0.15, 0.2) is 24.9 Å². The Labute approximate surface area is 194 Å². The molecule has 2 aromatic heterocycles. The van der Waals surface area contributed by atoms with Crippen molar-refractivity contribution in [2.45, 2.75) is 38.1 Å². The van der Waals surface area contributed by atoms with E-state index in [-0.39, 0.29) is 11.9 Å². The van der Waals surface area contributed by atoms with Crippen molar-refractivity contribution in [3.63, 3.8) is 0 Å². The third kappa shape index (κ3) is 5.12. The molecule has 9 heteroatoms. The maximum Gasteiger partial charge on any atom is 0.227 e. The summed E-state index contributed by atoms with van der Waals surface area (Å²) in [6.07, 6.45) is 5.85. The lowest BCUT2D eigenvalue weighted by Gasteiger charge is -2.41. The highest BCUT2D eigenvalue weighted by Crippen LogP contribution is 2.44. The van der Waals surface area contributed by atoms with E-state index in [0.29, 0.717) is 55.9 Å². The largest absolute Gasteiger partial charge is 0.384 e. The van der Waals surface area contributed by atoms with Crippen molar-refractivity contribution in [2.75, 3.05) is 43.6 Å². The number of carbonyl (C=O) groups excluding carboxylic acids is 1. The summed E-state index contributed by atoms with van der Waals surface area (Å²) in [7, 11) is 1.60. The smallest absolute Gasteiger partial charge is 0.227 e. The Morgan fingerprint density at radius 3 is 2.88 bits per heavy atom. The number of nitrogens with zero attached hydrogens (tertiary/aromatic N) is 6. The molecule has 9 nitrogen and oxygen atoms in total. The molecule has 1 atom stereocenters. The van der Waals surface area contributed by atoms with E-state index in [1.54, 1.807) is 25.4 Å². The number of nitrogens with one attached hydrogen (secondary N) is 1. The molecule has 1 amide bonds. The molecule has 4 rings (SSSR count). The van der Waals surface area contributed by atoms with E-state index >= 15 is 0 Å². The van der Waals surface area contributed by atoms with Gasteiger partial charge < -0.3 is 19.9 Å². The zero-order valence-corrected chi connectivity index (χ0v) is 19.1. The third-order valence-corrected chi connectivity index (χ3v) is 6.02. The zero-order chi connectivity index (χ0) is 23.4. The summed E-state index contributed by atoms with van der Waals surface area (Å²) in [5, 5.41) is 13.2. The lowest BCUT2D eigenvalue weighted by atomic mass is 10.1. The van der Waals surface area contributed by atoms with Gasteiger partial charge in [0.1, 0.15) is 11.9 Å². The Hall–Kier alpha value is -3.51. The van der Waals surface area contributed by atoms with Crippen LogP contribution in [-0.4, -0.2) is 65.2 Å². The molecular weight excluding hydrogens is 418 g/mol. The fourth-order valence-electron chi connectivity index (χ4n) is 4.13. The van der Waals surface area contributed by atoms with Crippen molar-refractivity contribution < 1.29 is 9.53 Å². The zero-order valence-electron chi connectivity index (χ0n) is 19.1. The minimum atomic E-state index is 0.0219. The van der Waals surface area contributed by atoms with Crippen molar-refractivity contribution >= 4 is 29.4 Å². The Balaban J connectivity index is 1.58. The summed E-state index contributed by atoms with van der Waals surface area (Å²) in [6, 6.07) is 5.96. The van der Waals surface area contributed by atoms with Gasteiger partial charge in [-0.25, -0.2) is 15.0 Å². The first-order valence-corrected chi connectivity index (χ1v) is 11.2. The molecule has 0 spiro atoms. The monoisotopic (exact) mass is 447 g/mol. The molecule has 172 valence electrons. The van der Waals surface area contributed by atoms with Gasteiger partial charge in [0.05, 0.1) is 35.7 Å². The molecule has 1 saturated carbocycles. The van der Waals surface area contributed by atoms with Crippen LogP contribution in [0.3, 0.4) is 0 Å². The van der Waals surface area contributed by atoms with Gasteiger partial charge in [-0.05, 0) is 38.0 Å². The molecule has 1 unspecified atom stereocenters. The number of anilines is 3. The maximum atomic E-state index is 12.5. The van der Waals surface area contributed by atoms with Crippen LogP contribution in [0.25, 0.3) is 6.08 Å². The van der Waals surface area contributed by atoms with Gasteiger partial charge in [0.15, 0.2) is 0 Å². The van der Waals surface area contributed by atoms with Crippen LogP contribution in [0.1, 0.15) is 49.1 Å². The van der Waals surface area contributed by atoms with Crippen LogP contribution in [-0.2, 0) is 9.53 Å². The van der Waals surface area contributed by atoms with Crippen LogP contribution in [0.5, 0.6) is 0 Å². The highest BCUT2D eigenvalue weighted by Gasteiger charge is 2.33. The lowest BCUT2D eigenvalue weighted by molar-refractivity contribution is -0.134. The predicted octanol–water partition coefficient (Wildman–Crippen LogP) is 3.08.